The average Bonchev–Trinajstić information content (AvgIpc) is 2.53. The Labute approximate surface area is 101 Å². The van der Waals surface area contributed by atoms with Crippen LogP contribution in [0, 0.1) is 6.92 Å². The van der Waals surface area contributed by atoms with Crippen LogP contribution >= 0.6 is 0 Å². The number of rotatable bonds is 2. The molecule has 0 aromatic carbocycles. The van der Waals surface area contributed by atoms with Crippen LogP contribution in [0.5, 0.6) is 0 Å². The molecule has 6 heteroatoms. The number of aromatic nitrogens is 2. The van der Waals surface area contributed by atoms with Gasteiger partial charge < -0.3 is 16.0 Å². The van der Waals surface area contributed by atoms with E-state index in [9.17, 15) is 4.79 Å². The second-order valence-corrected chi connectivity index (χ2v) is 4.35. The van der Waals surface area contributed by atoms with E-state index in [1.807, 2.05) is 25.8 Å². The molecule has 94 valence electrons. The summed E-state index contributed by atoms with van der Waals surface area (Å²) in [7, 11) is 1.86. The topological polar surface area (TPSA) is 76.2 Å². The van der Waals surface area contributed by atoms with Gasteiger partial charge in [-0.3, -0.25) is 9.48 Å². The Morgan fingerprint density at radius 2 is 2.29 bits per heavy atom. The average molecular weight is 237 g/mol. The largest absolute Gasteiger partial charge is 0.394 e. The monoisotopic (exact) mass is 237 g/mol. The van der Waals surface area contributed by atoms with Gasteiger partial charge >= 0.3 is 0 Å². The van der Waals surface area contributed by atoms with Crippen molar-refractivity contribution >= 4 is 17.4 Å². The van der Waals surface area contributed by atoms with Gasteiger partial charge in [0.25, 0.3) is 0 Å². The first-order valence-electron chi connectivity index (χ1n) is 5.89. The molecule has 17 heavy (non-hydrogen) atoms. The summed E-state index contributed by atoms with van der Waals surface area (Å²) in [6, 6.07) is -0.152. The van der Waals surface area contributed by atoms with Gasteiger partial charge in [0.1, 0.15) is 6.04 Å². The predicted octanol–water partition coefficient (Wildman–Crippen LogP) is 0.0255. The fraction of sp³-hybridized carbons (Fsp3) is 0.636. The molecule has 0 aliphatic carbocycles. The molecule has 1 aromatic heterocycles. The number of hydrogen-bond acceptors (Lipinski definition) is 4. The number of aryl methyl sites for hydroxylation is 2. The highest BCUT2D eigenvalue weighted by Gasteiger charge is 2.31. The van der Waals surface area contributed by atoms with Crippen molar-refractivity contribution in [1.82, 2.24) is 15.1 Å². The summed E-state index contributed by atoms with van der Waals surface area (Å²) in [5, 5.41) is 7.18. The maximum absolute atomic E-state index is 11.8. The molecule has 1 saturated heterocycles. The summed E-state index contributed by atoms with van der Waals surface area (Å²) in [6.07, 6.45) is 0.759. The number of amides is 1. The summed E-state index contributed by atoms with van der Waals surface area (Å²) in [6.45, 7) is 5.30. The summed E-state index contributed by atoms with van der Waals surface area (Å²) in [5.41, 5.74) is 7.52. The van der Waals surface area contributed by atoms with E-state index in [2.05, 4.69) is 10.4 Å². The molecule has 1 fully saturated rings. The van der Waals surface area contributed by atoms with Crippen LogP contribution in [0.15, 0.2) is 0 Å². The van der Waals surface area contributed by atoms with E-state index in [4.69, 9.17) is 5.73 Å². The minimum absolute atomic E-state index is 0.0667. The fourth-order valence-corrected chi connectivity index (χ4v) is 2.38. The van der Waals surface area contributed by atoms with Crippen molar-refractivity contribution in [2.75, 3.05) is 23.7 Å². The Morgan fingerprint density at radius 3 is 2.82 bits per heavy atom. The van der Waals surface area contributed by atoms with Gasteiger partial charge in [-0.15, -0.1) is 0 Å². The van der Waals surface area contributed by atoms with E-state index < -0.39 is 0 Å². The highest BCUT2D eigenvalue weighted by atomic mass is 16.2. The third-order valence-corrected chi connectivity index (χ3v) is 3.23. The molecule has 1 unspecified atom stereocenters. The lowest BCUT2D eigenvalue weighted by atomic mass is 10.1. The van der Waals surface area contributed by atoms with Gasteiger partial charge in [0.15, 0.2) is 5.82 Å². The zero-order valence-electron chi connectivity index (χ0n) is 10.5. The van der Waals surface area contributed by atoms with Crippen molar-refractivity contribution in [3.8, 4) is 0 Å². The lowest BCUT2D eigenvalue weighted by Crippen LogP contribution is -2.55. The van der Waals surface area contributed by atoms with Gasteiger partial charge in [-0.05, 0) is 13.3 Å². The molecule has 0 spiro atoms. The first-order chi connectivity index (χ1) is 8.06. The van der Waals surface area contributed by atoms with Crippen LogP contribution in [0.2, 0.25) is 0 Å². The van der Waals surface area contributed by atoms with E-state index >= 15 is 0 Å². The van der Waals surface area contributed by atoms with Crippen molar-refractivity contribution < 1.29 is 4.79 Å². The molecule has 1 aliphatic rings. The van der Waals surface area contributed by atoms with Crippen LogP contribution in [0.1, 0.15) is 19.0 Å². The summed E-state index contributed by atoms with van der Waals surface area (Å²) < 4.78 is 1.76. The molecule has 3 N–H and O–H groups in total. The highest BCUT2D eigenvalue weighted by Crippen LogP contribution is 2.28. The summed E-state index contributed by atoms with van der Waals surface area (Å²) >= 11 is 0. The number of piperazine rings is 1. The van der Waals surface area contributed by atoms with Crippen molar-refractivity contribution in [2.45, 2.75) is 26.3 Å². The lowest BCUT2D eigenvalue weighted by Gasteiger charge is -2.36. The van der Waals surface area contributed by atoms with Crippen molar-refractivity contribution in [3.05, 3.63) is 5.69 Å². The van der Waals surface area contributed by atoms with Gasteiger partial charge in [0, 0.05) is 20.1 Å². The number of nitrogens with zero attached hydrogens (tertiary/aromatic N) is 3. The third-order valence-electron chi connectivity index (χ3n) is 3.23. The van der Waals surface area contributed by atoms with Gasteiger partial charge in [-0.25, -0.2) is 0 Å². The van der Waals surface area contributed by atoms with Crippen LogP contribution in [0.4, 0.5) is 11.5 Å². The van der Waals surface area contributed by atoms with Crippen LogP contribution < -0.4 is 16.0 Å². The van der Waals surface area contributed by atoms with E-state index in [-0.39, 0.29) is 11.9 Å². The Balaban J connectivity index is 2.40. The van der Waals surface area contributed by atoms with Gasteiger partial charge in [0.2, 0.25) is 5.91 Å². The molecular formula is C11H19N5O. The van der Waals surface area contributed by atoms with Gasteiger partial charge in [0.05, 0.1) is 11.4 Å². The summed E-state index contributed by atoms with van der Waals surface area (Å²) in [5.74, 6) is 0.918. The third kappa shape index (κ3) is 1.83. The molecule has 1 aromatic rings. The molecule has 0 radical (unpaired) electrons. The van der Waals surface area contributed by atoms with Crippen molar-refractivity contribution in [1.29, 1.82) is 0 Å². The van der Waals surface area contributed by atoms with Gasteiger partial charge in [-0.2, -0.15) is 5.10 Å². The van der Waals surface area contributed by atoms with E-state index in [1.54, 1.807) is 4.68 Å². The smallest absolute Gasteiger partial charge is 0.242 e. The van der Waals surface area contributed by atoms with E-state index in [1.165, 1.54) is 0 Å². The number of hydrogen-bond donors (Lipinski definition) is 2. The van der Waals surface area contributed by atoms with E-state index in [0.717, 1.165) is 24.5 Å². The van der Waals surface area contributed by atoms with Crippen LogP contribution in [0.3, 0.4) is 0 Å². The van der Waals surface area contributed by atoms with Crippen LogP contribution in [0.25, 0.3) is 0 Å². The first kappa shape index (κ1) is 11.8. The number of nitrogens with one attached hydrogen (secondary N) is 1. The second kappa shape index (κ2) is 4.27. The first-order valence-corrected chi connectivity index (χ1v) is 5.89. The fourth-order valence-electron chi connectivity index (χ4n) is 2.38. The molecule has 2 heterocycles. The maximum atomic E-state index is 11.8. The molecule has 2 rings (SSSR count). The quantitative estimate of drug-likeness (QED) is 0.760. The van der Waals surface area contributed by atoms with E-state index in [0.29, 0.717) is 12.2 Å². The number of carbonyl (C=O) groups excluding carboxylic acids is 1. The summed E-state index contributed by atoms with van der Waals surface area (Å²) in [4.78, 5) is 13.9. The molecule has 1 amide bonds. The Morgan fingerprint density at radius 1 is 1.59 bits per heavy atom. The number of anilines is 2. The number of nitrogens with two attached hydrogens (primary N) is 1. The second-order valence-electron chi connectivity index (χ2n) is 4.35. The van der Waals surface area contributed by atoms with Crippen molar-refractivity contribution in [2.24, 2.45) is 7.05 Å². The molecule has 0 bridgehead atoms. The van der Waals surface area contributed by atoms with Gasteiger partial charge in [-0.1, -0.05) is 6.92 Å². The molecule has 1 atom stereocenters. The highest BCUT2D eigenvalue weighted by molar-refractivity contribution is 5.87. The Bertz CT molecular complexity index is 439. The molecule has 6 nitrogen and oxygen atoms in total. The SMILES string of the molecule is CCC1C(=O)NCCN1c1c(N)c(C)nn1C. The number of carbonyl (C=O) groups is 1. The normalized spacial score (nSPS) is 20.5. The predicted molar refractivity (Wildman–Crippen MR) is 66.8 cm³/mol. The van der Waals surface area contributed by atoms with Crippen LogP contribution in [-0.2, 0) is 11.8 Å². The van der Waals surface area contributed by atoms with Crippen LogP contribution in [-0.4, -0.2) is 34.8 Å². The minimum Gasteiger partial charge on any atom is -0.394 e. The maximum Gasteiger partial charge on any atom is 0.242 e. The van der Waals surface area contributed by atoms with Crippen molar-refractivity contribution in [3.63, 3.8) is 0 Å². The molecule has 1 aliphatic heterocycles. The number of nitrogen functional groups attached to an aromatic ring is 1. The standard InChI is InChI=1S/C11H19N5O/c1-4-8-10(17)13-5-6-16(8)11-9(12)7(2)14-15(11)3/h8H,4-6,12H2,1-3H3,(H,13,17). The Hall–Kier alpha value is -1.72. The molecule has 0 saturated carbocycles. The minimum atomic E-state index is -0.152. The molecular weight excluding hydrogens is 218 g/mol. The zero-order chi connectivity index (χ0) is 12.6. The Kier molecular flexibility index (Phi) is 2.95. The lowest BCUT2D eigenvalue weighted by molar-refractivity contribution is -0.123. The zero-order valence-corrected chi connectivity index (χ0v) is 10.5.